The van der Waals surface area contributed by atoms with Crippen LogP contribution in [0.1, 0.15) is 33.6 Å². The van der Waals surface area contributed by atoms with Crippen LogP contribution >= 0.6 is 12.6 Å². The van der Waals surface area contributed by atoms with Crippen molar-refractivity contribution < 1.29 is 0 Å². The van der Waals surface area contributed by atoms with E-state index in [1.54, 1.807) is 0 Å². The Kier molecular flexibility index (Phi) is 5.51. The fraction of sp³-hybridized carbons (Fsp3) is 0.556. The van der Waals surface area contributed by atoms with E-state index in [1.807, 2.05) is 13.8 Å². The molecule has 0 amide bonds. The number of rotatable bonds is 0. The SMILES string of the molecule is CC.CC1=CCCC(S)=C1. The van der Waals surface area contributed by atoms with Crippen molar-refractivity contribution in [3.05, 3.63) is 22.6 Å². The second-order valence-corrected chi connectivity index (χ2v) is 2.70. The fourth-order valence-corrected chi connectivity index (χ4v) is 1.17. The standard InChI is InChI=1S/C7H10S.C2H6/c1-6-3-2-4-7(8)5-6;1-2/h3,5,8H,2,4H2,1H3;1-2H3. The minimum atomic E-state index is 1.13. The number of allylic oxidation sites excluding steroid dienone is 4. The molecule has 0 aliphatic heterocycles. The Balaban J connectivity index is 0.000000371. The zero-order valence-electron chi connectivity index (χ0n) is 7.02. The van der Waals surface area contributed by atoms with Crippen LogP contribution in [0.4, 0.5) is 0 Å². The first-order chi connectivity index (χ1) is 4.79. The summed E-state index contributed by atoms with van der Waals surface area (Å²) in [6, 6.07) is 0. The maximum absolute atomic E-state index is 4.24. The van der Waals surface area contributed by atoms with E-state index >= 15 is 0 Å². The molecule has 0 nitrogen and oxygen atoms in total. The highest BCUT2D eigenvalue weighted by Gasteiger charge is 1.95. The second-order valence-electron chi connectivity index (χ2n) is 2.12. The molecule has 0 spiro atoms. The van der Waals surface area contributed by atoms with E-state index in [4.69, 9.17) is 0 Å². The third-order valence-electron chi connectivity index (χ3n) is 1.26. The zero-order chi connectivity index (χ0) is 7.98. The molecule has 10 heavy (non-hydrogen) atoms. The van der Waals surface area contributed by atoms with Gasteiger partial charge in [0.2, 0.25) is 0 Å². The van der Waals surface area contributed by atoms with Crippen molar-refractivity contribution in [2.75, 3.05) is 0 Å². The van der Waals surface area contributed by atoms with Gasteiger partial charge in [-0.15, -0.1) is 12.6 Å². The summed E-state index contributed by atoms with van der Waals surface area (Å²) in [4.78, 5) is 1.21. The van der Waals surface area contributed by atoms with Gasteiger partial charge in [0, 0.05) is 0 Å². The fourth-order valence-electron chi connectivity index (χ4n) is 0.842. The lowest BCUT2D eigenvalue weighted by molar-refractivity contribution is 1.00. The van der Waals surface area contributed by atoms with E-state index in [0.717, 1.165) is 6.42 Å². The molecular weight excluding hydrogens is 140 g/mol. The molecule has 0 aromatic carbocycles. The summed E-state index contributed by atoms with van der Waals surface area (Å²) in [5.74, 6) is 0. The molecule has 0 heterocycles. The first kappa shape index (κ1) is 9.83. The summed E-state index contributed by atoms with van der Waals surface area (Å²) in [6.45, 7) is 6.11. The van der Waals surface area contributed by atoms with Crippen molar-refractivity contribution in [2.45, 2.75) is 33.6 Å². The van der Waals surface area contributed by atoms with Crippen LogP contribution in [-0.4, -0.2) is 0 Å². The number of thiol groups is 1. The van der Waals surface area contributed by atoms with Gasteiger partial charge in [-0.1, -0.05) is 31.6 Å². The molecule has 58 valence electrons. The zero-order valence-corrected chi connectivity index (χ0v) is 7.91. The highest BCUT2D eigenvalue weighted by Crippen LogP contribution is 2.18. The van der Waals surface area contributed by atoms with Gasteiger partial charge >= 0.3 is 0 Å². The third-order valence-corrected chi connectivity index (χ3v) is 1.61. The first-order valence-corrected chi connectivity index (χ1v) is 4.30. The number of hydrogen-bond acceptors (Lipinski definition) is 1. The van der Waals surface area contributed by atoms with Crippen molar-refractivity contribution in [1.29, 1.82) is 0 Å². The summed E-state index contributed by atoms with van der Waals surface area (Å²) in [7, 11) is 0. The Morgan fingerprint density at radius 1 is 1.40 bits per heavy atom. The summed E-state index contributed by atoms with van der Waals surface area (Å²) in [5, 5.41) is 0. The van der Waals surface area contributed by atoms with Crippen LogP contribution in [0.2, 0.25) is 0 Å². The molecule has 1 aliphatic carbocycles. The van der Waals surface area contributed by atoms with Crippen molar-refractivity contribution >= 4 is 12.6 Å². The van der Waals surface area contributed by atoms with Gasteiger partial charge in [-0.25, -0.2) is 0 Å². The predicted molar refractivity (Wildman–Crippen MR) is 51.4 cm³/mol. The topological polar surface area (TPSA) is 0 Å². The summed E-state index contributed by atoms with van der Waals surface area (Å²) >= 11 is 4.24. The van der Waals surface area contributed by atoms with Gasteiger partial charge in [0.05, 0.1) is 0 Å². The maximum Gasteiger partial charge on any atom is -0.0179 e. The Labute approximate surface area is 69.4 Å². The molecule has 0 aromatic rings. The lowest BCUT2D eigenvalue weighted by Gasteiger charge is -2.03. The molecule has 1 rings (SSSR count). The molecule has 0 atom stereocenters. The monoisotopic (exact) mass is 156 g/mol. The van der Waals surface area contributed by atoms with Gasteiger partial charge in [0.1, 0.15) is 0 Å². The number of hydrogen-bond donors (Lipinski definition) is 1. The Bertz CT molecular complexity index is 143. The lowest BCUT2D eigenvalue weighted by Crippen LogP contribution is -1.82. The Hall–Kier alpha value is -0.170. The average molecular weight is 156 g/mol. The molecule has 1 aliphatic rings. The normalized spacial score (nSPS) is 16.4. The van der Waals surface area contributed by atoms with Gasteiger partial charge < -0.3 is 0 Å². The summed E-state index contributed by atoms with van der Waals surface area (Å²) < 4.78 is 0. The van der Waals surface area contributed by atoms with Gasteiger partial charge in [-0.05, 0) is 24.7 Å². The Morgan fingerprint density at radius 3 is 2.30 bits per heavy atom. The molecule has 0 fully saturated rings. The van der Waals surface area contributed by atoms with E-state index in [2.05, 4.69) is 31.7 Å². The van der Waals surface area contributed by atoms with Crippen LogP contribution in [0.3, 0.4) is 0 Å². The van der Waals surface area contributed by atoms with Crippen molar-refractivity contribution in [1.82, 2.24) is 0 Å². The van der Waals surface area contributed by atoms with Crippen LogP contribution in [0, 0.1) is 0 Å². The second kappa shape index (κ2) is 5.60. The lowest BCUT2D eigenvalue weighted by atomic mass is 10.1. The van der Waals surface area contributed by atoms with E-state index in [1.165, 1.54) is 16.9 Å². The van der Waals surface area contributed by atoms with E-state index in [-0.39, 0.29) is 0 Å². The first-order valence-electron chi connectivity index (χ1n) is 3.85. The quantitative estimate of drug-likeness (QED) is 0.509. The highest BCUT2D eigenvalue weighted by molar-refractivity contribution is 7.84. The third kappa shape index (κ3) is 3.78. The van der Waals surface area contributed by atoms with E-state index < -0.39 is 0 Å². The molecule has 0 bridgehead atoms. The van der Waals surface area contributed by atoms with Gasteiger partial charge in [-0.3, -0.25) is 0 Å². The van der Waals surface area contributed by atoms with Crippen LogP contribution in [0.5, 0.6) is 0 Å². The van der Waals surface area contributed by atoms with Gasteiger partial charge in [0.25, 0.3) is 0 Å². The summed E-state index contributed by atoms with van der Waals surface area (Å²) in [5.41, 5.74) is 1.35. The Morgan fingerprint density at radius 2 is 2.00 bits per heavy atom. The molecule has 0 aromatic heterocycles. The van der Waals surface area contributed by atoms with Crippen LogP contribution in [0.15, 0.2) is 22.6 Å². The minimum Gasteiger partial charge on any atom is -0.148 e. The molecule has 1 heteroatoms. The van der Waals surface area contributed by atoms with Crippen molar-refractivity contribution in [2.24, 2.45) is 0 Å². The molecule has 0 N–H and O–H groups in total. The molecule has 0 saturated carbocycles. The summed E-state index contributed by atoms with van der Waals surface area (Å²) in [6.07, 6.45) is 6.65. The van der Waals surface area contributed by atoms with E-state index in [9.17, 15) is 0 Å². The largest absolute Gasteiger partial charge is 0.148 e. The minimum absolute atomic E-state index is 1.13. The van der Waals surface area contributed by atoms with Crippen LogP contribution < -0.4 is 0 Å². The molecular formula is C9H16S. The van der Waals surface area contributed by atoms with Crippen LogP contribution in [-0.2, 0) is 0 Å². The van der Waals surface area contributed by atoms with E-state index in [0.29, 0.717) is 0 Å². The molecule has 0 saturated heterocycles. The van der Waals surface area contributed by atoms with Crippen LogP contribution in [0.25, 0.3) is 0 Å². The maximum atomic E-state index is 4.24. The van der Waals surface area contributed by atoms with Gasteiger partial charge in [0.15, 0.2) is 0 Å². The predicted octanol–water partition coefficient (Wildman–Crippen LogP) is 3.57. The average Bonchev–Trinajstić information content (AvgIpc) is 1.91. The molecule has 0 radical (unpaired) electrons. The van der Waals surface area contributed by atoms with Crippen molar-refractivity contribution in [3.8, 4) is 0 Å². The highest BCUT2D eigenvalue weighted by atomic mass is 32.1. The van der Waals surface area contributed by atoms with Crippen molar-refractivity contribution in [3.63, 3.8) is 0 Å². The van der Waals surface area contributed by atoms with Gasteiger partial charge in [-0.2, -0.15) is 0 Å². The smallest absolute Gasteiger partial charge is 0.0179 e. The molecule has 0 unspecified atom stereocenters.